The van der Waals surface area contributed by atoms with Crippen molar-refractivity contribution in [3.05, 3.63) is 46.5 Å². The van der Waals surface area contributed by atoms with Crippen molar-refractivity contribution in [2.24, 2.45) is 0 Å². The Morgan fingerprint density at radius 1 is 1.20 bits per heavy atom. The molecule has 114 valence electrons. The Kier molecular flexibility index (Phi) is 8.86. The summed E-state index contributed by atoms with van der Waals surface area (Å²) in [6.07, 6.45) is 1.60. The maximum Gasteiger partial charge on any atom is 0.132 e. The van der Waals surface area contributed by atoms with E-state index in [0.717, 1.165) is 26.2 Å². The molecule has 0 amide bonds. The van der Waals surface area contributed by atoms with Crippen molar-refractivity contribution in [2.45, 2.75) is 6.04 Å². The number of nitrogens with zero attached hydrogens (tertiary/aromatic N) is 1. The van der Waals surface area contributed by atoms with E-state index in [0.29, 0.717) is 4.47 Å². The minimum Gasteiger partial charge on any atom is -0.314 e. The Morgan fingerprint density at radius 3 is 2.15 bits per heavy atom. The summed E-state index contributed by atoms with van der Waals surface area (Å²) in [5.41, 5.74) is 0.0788. The maximum absolute atomic E-state index is 13.9. The van der Waals surface area contributed by atoms with Crippen LogP contribution in [0.3, 0.4) is 0 Å². The molecule has 2 nitrogen and oxygen atoms in total. The van der Waals surface area contributed by atoms with Crippen molar-refractivity contribution in [1.29, 1.82) is 0 Å². The average Bonchev–Trinajstić information content (AvgIpc) is 2.34. The van der Waals surface area contributed by atoms with Gasteiger partial charge >= 0.3 is 0 Å². The first-order valence-corrected chi connectivity index (χ1v) is 6.64. The third-order valence-corrected chi connectivity index (χ3v) is 3.57. The summed E-state index contributed by atoms with van der Waals surface area (Å²) >= 11 is 3.08. The second-order valence-corrected chi connectivity index (χ2v) is 5.17. The van der Waals surface area contributed by atoms with E-state index in [1.807, 2.05) is 4.90 Å². The summed E-state index contributed by atoms with van der Waals surface area (Å²) in [6, 6.07) is 2.16. The van der Waals surface area contributed by atoms with Crippen LogP contribution in [0.5, 0.6) is 0 Å². The zero-order chi connectivity index (χ0) is 13.1. The van der Waals surface area contributed by atoms with E-state index in [1.54, 1.807) is 6.08 Å². The number of hydrogen-bond acceptors (Lipinski definition) is 2. The lowest BCUT2D eigenvalue weighted by Crippen LogP contribution is -2.45. The fourth-order valence-electron chi connectivity index (χ4n) is 2.25. The lowest BCUT2D eigenvalue weighted by atomic mass is 10.0. The molecule has 1 N–H and O–H groups in total. The Labute approximate surface area is 138 Å². The van der Waals surface area contributed by atoms with E-state index < -0.39 is 17.7 Å². The van der Waals surface area contributed by atoms with Crippen LogP contribution in [0.25, 0.3) is 0 Å². The topological polar surface area (TPSA) is 15.3 Å². The zero-order valence-electron chi connectivity index (χ0n) is 10.7. The van der Waals surface area contributed by atoms with Gasteiger partial charge < -0.3 is 5.32 Å². The van der Waals surface area contributed by atoms with Crippen LogP contribution < -0.4 is 5.32 Å². The van der Waals surface area contributed by atoms with Gasteiger partial charge in [-0.25, -0.2) is 8.78 Å². The van der Waals surface area contributed by atoms with Gasteiger partial charge in [-0.15, -0.1) is 31.4 Å². The molecule has 1 aliphatic heterocycles. The minimum absolute atomic E-state index is 0. The fourth-order valence-corrected chi connectivity index (χ4v) is 2.65. The molecule has 0 unspecified atom stereocenters. The highest BCUT2D eigenvalue weighted by Crippen LogP contribution is 2.29. The molecule has 0 aromatic heterocycles. The second kappa shape index (κ2) is 8.95. The average molecular weight is 390 g/mol. The van der Waals surface area contributed by atoms with E-state index in [9.17, 15) is 8.78 Å². The SMILES string of the molecule is C=C[C@@H](c1c(F)cc(Br)cc1F)N1CCNCC1.Cl.Cl. The molecule has 0 spiro atoms. The van der Waals surface area contributed by atoms with Gasteiger partial charge in [0, 0.05) is 36.2 Å². The molecule has 1 fully saturated rings. The molecule has 1 heterocycles. The fraction of sp³-hybridized carbons (Fsp3) is 0.385. The van der Waals surface area contributed by atoms with E-state index in [4.69, 9.17) is 0 Å². The van der Waals surface area contributed by atoms with Crippen LogP contribution in [-0.2, 0) is 0 Å². The van der Waals surface area contributed by atoms with Gasteiger partial charge in [0.05, 0.1) is 6.04 Å². The molecule has 1 aliphatic rings. The molecular formula is C13H17BrCl2F2N2. The molecule has 1 saturated heterocycles. The number of halogens is 5. The molecule has 0 bridgehead atoms. The lowest BCUT2D eigenvalue weighted by molar-refractivity contribution is 0.197. The highest BCUT2D eigenvalue weighted by molar-refractivity contribution is 9.10. The van der Waals surface area contributed by atoms with Gasteiger partial charge in [0.1, 0.15) is 11.6 Å². The molecule has 7 heteroatoms. The van der Waals surface area contributed by atoms with Gasteiger partial charge in [-0.05, 0) is 12.1 Å². The summed E-state index contributed by atoms with van der Waals surface area (Å²) in [5, 5.41) is 3.21. The van der Waals surface area contributed by atoms with Crippen LogP contribution in [0.4, 0.5) is 8.78 Å². The molecule has 20 heavy (non-hydrogen) atoms. The highest BCUT2D eigenvalue weighted by Gasteiger charge is 2.25. The summed E-state index contributed by atoms with van der Waals surface area (Å²) in [4.78, 5) is 2.03. The second-order valence-electron chi connectivity index (χ2n) is 4.25. The lowest BCUT2D eigenvalue weighted by Gasteiger charge is -2.33. The van der Waals surface area contributed by atoms with Gasteiger partial charge in [-0.1, -0.05) is 22.0 Å². The van der Waals surface area contributed by atoms with Crippen LogP contribution in [-0.4, -0.2) is 31.1 Å². The Morgan fingerprint density at radius 2 is 1.70 bits per heavy atom. The largest absolute Gasteiger partial charge is 0.314 e. The summed E-state index contributed by atoms with van der Waals surface area (Å²) in [7, 11) is 0. The molecule has 0 radical (unpaired) electrons. The van der Waals surface area contributed by atoms with Gasteiger partial charge in [0.25, 0.3) is 0 Å². The van der Waals surface area contributed by atoms with Crippen LogP contribution >= 0.6 is 40.7 Å². The number of benzene rings is 1. The molecule has 1 aromatic carbocycles. The predicted molar refractivity (Wildman–Crippen MR) is 85.9 cm³/mol. The predicted octanol–water partition coefficient (Wildman–Crippen LogP) is 3.70. The Hall–Kier alpha value is -0.200. The number of piperazine rings is 1. The first-order chi connectivity index (χ1) is 8.63. The number of nitrogens with one attached hydrogen (secondary N) is 1. The van der Waals surface area contributed by atoms with Crippen molar-refractivity contribution in [1.82, 2.24) is 10.2 Å². The van der Waals surface area contributed by atoms with Crippen LogP contribution in [0.15, 0.2) is 29.3 Å². The van der Waals surface area contributed by atoms with Crippen molar-refractivity contribution < 1.29 is 8.78 Å². The Bertz CT molecular complexity index is 431. The van der Waals surface area contributed by atoms with E-state index in [1.165, 1.54) is 12.1 Å². The standard InChI is InChI=1S/C13H15BrF2N2.2ClH/c1-2-12(18-5-3-17-4-6-18)13-10(15)7-9(14)8-11(13)16;;/h2,7-8,12,17H,1,3-6H2;2*1H/t12-;;/m0../s1. The molecule has 0 saturated carbocycles. The van der Waals surface area contributed by atoms with E-state index in [2.05, 4.69) is 27.8 Å². The minimum atomic E-state index is -0.537. The summed E-state index contributed by atoms with van der Waals surface area (Å²) < 4.78 is 28.3. The van der Waals surface area contributed by atoms with Gasteiger partial charge in [-0.2, -0.15) is 0 Å². The highest BCUT2D eigenvalue weighted by atomic mass is 79.9. The molecule has 2 rings (SSSR count). The van der Waals surface area contributed by atoms with E-state index in [-0.39, 0.29) is 30.4 Å². The van der Waals surface area contributed by atoms with Crippen LogP contribution in [0.1, 0.15) is 11.6 Å². The van der Waals surface area contributed by atoms with Crippen LogP contribution in [0.2, 0.25) is 0 Å². The normalized spacial score (nSPS) is 16.8. The maximum atomic E-state index is 13.9. The first-order valence-electron chi connectivity index (χ1n) is 5.85. The van der Waals surface area contributed by atoms with Gasteiger partial charge in [0.2, 0.25) is 0 Å². The molecule has 1 atom stereocenters. The summed E-state index contributed by atoms with van der Waals surface area (Å²) in [5.74, 6) is -1.07. The van der Waals surface area contributed by atoms with Gasteiger partial charge in [-0.3, -0.25) is 4.90 Å². The van der Waals surface area contributed by atoms with Crippen LogP contribution in [0, 0.1) is 11.6 Å². The molecular weight excluding hydrogens is 373 g/mol. The Balaban J connectivity index is 0.00000180. The van der Waals surface area contributed by atoms with Crippen molar-refractivity contribution in [3.63, 3.8) is 0 Å². The van der Waals surface area contributed by atoms with Crippen molar-refractivity contribution in [3.8, 4) is 0 Å². The summed E-state index contributed by atoms with van der Waals surface area (Å²) in [6.45, 7) is 6.87. The van der Waals surface area contributed by atoms with Crippen molar-refractivity contribution in [2.75, 3.05) is 26.2 Å². The quantitative estimate of drug-likeness (QED) is 0.793. The third kappa shape index (κ3) is 4.40. The third-order valence-electron chi connectivity index (χ3n) is 3.11. The van der Waals surface area contributed by atoms with Gasteiger partial charge in [0.15, 0.2) is 0 Å². The zero-order valence-corrected chi connectivity index (χ0v) is 14.0. The van der Waals surface area contributed by atoms with E-state index >= 15 is 0 Å². The monoisotopic (exact) mass is 388 g/mol. The molecule has 1 aromatic rings. The van der Waals surface area contributed by atoms with Crippen molar-refractivity contribution >= 4 is 40.7 Å². The number of hydrogen-bond donors (Lipinski definition) is 1. The number of rotatable bonds is 3. The first kappa shape index (κ1) is 19.8. The molecule has 0 aliphatic carbocycles. The smallest absolute Gasteiger partial charge is 0.132 e.